The van der Waals surface area contributed by atoms with Crippen LogP contribution in [-0.2, 0) is 19.1 Å². The lowest BCUT2D eigenvalue weighted by molar-refractivity contribution is -0.143. The van der Waals surface area contributed by atoms with E-state index in [0.717, 1.165) is 22.3 Å². The van der Waals surface area contributed by atoms with E-state index in [0.29, 0.717) is 0 Å². The molecule has 152 valence electrons. The fourth-order valence-electron chi connectivity index (χ4n) is 3.37. The standard InChI is InChI=1S/C22H24N2O5/c1-14(25)29-13-23-20(26)22(2,3)24-21(27)28-12-19-17-10-6-4-8-15(17)16-9-5-7-11-18(16)19/h4-11,19H,12-13H2,1-3H3,(H,23,26)(H,24,27). The molecule has 0 radical (unpaired) electrons. The van der Waals surface area contributed by atoms with Crippen LogP contribution in [0.15, 0.2) is 48.5 Å². The zero-order valence-electron chi connectivity index (χ0n) is 16.7. The van der Waals surface area contributed by atoms with Crippen molar-refractivity contribution < 1.29 is 23.9 Å². The number of rotatable bonds is 6. The van der Waals surface area contributed by atoms with Gasteiger partial charge in [-0.1, -0.05) is 48.5 Å². The molecule has 0 aliphatic heterocycles. The molecule has 3 rings (SSSR count). The molecular formula is C22H24N2O5. The lowest BCUT2D eigenvalue weighted by Crippen LogP contribution is -2.55. The maximum Gasteiger partial charge on any atom is 0.408 e. The van der Waals surface area contributed by atoms with E-state index < -0.39 is 23.5 Å². The Bertz CT molecular complexity index is 893. The van der Waals surface area contributed by atoms with Crippen LogP contribution in [0.25, 0.3) is 11.1 Å². The zero-order valence-corrected chi connectivity index (χ0v) is 16.7. The number of alkyl carbamates (subject to hydrolysis) is 1. The molecule has 7 heteroatoms. The highest BCUT2D eigenvalue weighted by Crippen LogP contribution is 2.44. The van der Waals surface area contributed by atoms with Crippen molar-refractivity contribution in [3.8, 4) is 11.1 Å². The molecule has 2 aromatic rings. The van der Waals surface area contributed by atoms with Crippen LogP contribution in [0.2, 0.25) is 0 Å². The molecule has 1 aliphatic carbocycles. The number of carbonyl (C=O) groups excluding carboxylic acids is 3. The highest BCUT2D eigenvalue weighted by atomic mass is 16.6. The van der Waals surface area contributed by atoms with Crippen LogP contribution >= 0.6 is 0 Å². The number of benzene rings is 2. The van der Waals surface area contributed by atoms with E-state index in [1.807, 2.05) is 36.4 Å². The number of carbonyl (C=O) groups is 3. The van der Waals surface area contributed by atoms with Crippen molar-refractivity contribution in [3.05, 3.63) is 59.7 Å². The second-order valence-corrected chi connectivity index (χ2v) is 7.36. The smallest absolute Gasteiger partial charge is 0.408 e. The van der Waals surface area contributed by atoms with E-state index in [-0.39, 0.29) is 19.3 Å². The summed E-state index contributed by atoms with van der Waals surface area (Å²) in [7, 11) is 0. The quantitative estimate of drug-likeness (QED) is 0.578. The highest BCUT2D eigenvalue weighted by Gasteiger charge is 2.32. The molecule has 2 aromatic carbocycles. The first kappa shape index (κ1) is 20.4. The Balaban J connectivity index is 1.61. The molecule has 2 amide bonds. The van der Waals surface area contributed by atoms with E-state index in [9.17, 15) is 14.4 Å². The van der Waals surface area contributed by atoms with E-state index >= 15 is 0 Å². The van der Waals surface area contributed by atoms with Crippen molar-refractivity contribution in [2.45, 2.75) is 32.2 Å². The summed E-state index contributed by atoms with van der Waals surface area (Å²) in [5.74, 6) is -1.06. The van der Waals surface area contributed by atoms with Crippen molar-refractivity contribution in [1.82, 2.24) is 10.6 Å². The molecule has 7 nitrogen and oxygen atoms in total. The van der Waals surface area contributed by atoms with E-state index in [1.54, 1.807) is 0 Å². The number of ether oxygens (including phenoxy) is 2. The van der Waals surface area contributed by atoms with Crippen molar-refractivity contribution in [2.75, 3.05) is 13.3 Å². The van der Waals surface area contributed by atoms with Gasteiger partial charge in [0, 0.05) is 12.8 Å². The topological polar surface area (TPSA) is 93.7 Å². The molecule has 0 heterocycles. The number of esters is 1. The molecule has 0 aromatic heterocycles. The van der Waals surface area contributed by atoms with Gasteiger partial charge >= 0.3 is 12.1 Å². The van der Waals surface area contributed by atoms with Crippen molar-refractivity contribution in [1.29, 1.82) is 0 Å². The van der Waals surface area contributed by atoms with Crippen LogP contribution in [0.5, 0.6) is 0 Å². The van der Waals surface area contributed by atoms with E-state index in [2.05, 4.69) is 27.5 Å². The van der Waals surface area contributed by atoms with Gasteiger partial charge in [-0.2, -0.15) is 0 Å². The zero-order chi connectivity index (χ0) is 21.0. The molecule has 0 unspecified atom stereocenters. The first-order valence-electron chi connectivity index (χ1n) is 9.34. The van der Waals surface area contributed by atoms with Gasteiger partial charge in [0.05, 0.1) is 0 Å². The summed E-state index contributed by atoms with van der Waals surface area (Å²) in [5, 5.41) is 4.98. The summed E-state index contributed by atoms with van der Waals surface area (Å²) in [6.45, 7) is 4.22. The maximum absolute atomic E-state index is 12.3. The molecule has 0 atom stereocenters. The molecule has 0 bridgehead atoms. The minimum atomic E-state index is -1.23. The third-order valence-corrected chi connectivity index (χ3v) is 4.83. The van der Waals surface area contributed by atoms with Crippen molar-refractivity contribution in [3.63, 3.8) is 0 Å². The van der Waals surface area contributed by atoms with Crippen LogP contribution in [-0.4, -0.2) is 36.8 Å². The number of hydrogen-bond acceptors (Lipinski definition) is 5. The molecule has 2 N–H and O–H groups in total. The summed E-state index contributed by atoms with van der Waals surface area (Å²) in [4.78, 5) is 35.3. The van der Waals surface area contributed by atoms with Crippen LogP contribution < -0.4 is 10.6 Å². The summed E-state index contributed by atoms with van der Waals surface area (Å²) in [5.41, 5.74) is 3.27. The van der Waals surface area contributed by atoms with E-state index in [4.69, 9.17) is 4.74 Å². The lowest BCUT2D eigenvalue weighted by Gasteiger charge is -2.25. The average Bonchev–Trinajstić information content (AvgIpc) is 2.99. The van der Waals surface area contributed by atoms with E-state index in [1.165, 1.54) is 20.8 Å². The summed E-state index contributed by atoms with van der Waals surface area (Å²) >= 11 is 0. The minimum Gasteiger partial charge on any atom is -0.449 e. The van der Waals surface area contributed by atoms with Crippen LogP contribution in [0.1, 0.15) is 37.8 Å². The number of amides is 2. The summed E-state index contributed by atoms with van der Waals surface area (Å²) in [6, 6.07) is 16.1. The van der Waals surface area contributed by atoms with Gasteiger partial charge in [0.15, 0.2) is 6.73 Å². The first-order valence-corrected chi connectivity index (χ1v) is 9.34. The number of fused-ring (bicyclic) bond motifs is 3. The van der Waals surface area contributed by atoms with Crippen LogP contribution in [0, 0.1) is 0 Å². The molecule has 0 fully saturated rings. The third-order valence-electron chi connectivity index (χ3n) is 4.83. The predicted molar refractivity (Wildman–Crippen MR) is 107 cm³/mol. The monoisotopic (exact) mass is 396 g/mol. The van der Waals surface area contributed by atoms with Crippen molar-refractivity contribution >= 4 is 18.0 Å². The number of nitrogens with one attached hydrogen (secondary N) is 2. The van der Waals surface area contributed by atoms with Gasteiger partial charge in [-0.25, -0.2) is 4.79 Å². The molecule has 29 heavy (non-hydrogen) atoms. The van der Waals surface area contributed by atoms with Crippen LogP contribution in [0.3, 0.4) is 0 Å². The van der Waals surface area contributed by atoms with Gasteiger partial charge in [-0.3, -0.25) is 9.59 Å². The third kappa shape index (κ3) is 4.56. The molecular weight excluding hydrogens is 372 g/mol. The van der Waals surface area contributed by atoms with Gasteiger partial charge in [0.1, 0.15) is 12.1 Å². The molecule has 0 saturated heterocycles. The van der Waals surface area contributed by atoms with Crippen LogP contribution in [0.4, 0.5) is 4.79 Å². The Morgan fingerprint density at radius 2 is 1.48 bits per heavy atom. The highest BCUT2D eigenvalue weighted by molar-refractivity contribution is 5.89. The van der Waals surface area contributed by atoms with Gasteiger partial charge < -0.3 is 20.1 Å². The lowest BCUT2D eigenvalue weighted by atomic mass is 9.98. The molecule has 0 saturated carbocycles. The predicted octanol–water partition coefficient (Wildman–Crippen LogP) is 2.94. The second kappa shape index (κ2) is 8.34. The van der Waals surface area contributed by atoms with Gasteiger partial charge in [0.2, 0.25) is 5.91 Å². The van der Waals surface area contributed by atoms with Crippen molar-refractivity contribution in [2.24, 2.45) is 0 Å². The number of hydrogen-bond donors (Lipinski definition) is 2. The summed E-state index contributed by atoms with van der Waals surface area (Å²) < 4.78 is 10.1. The first-order chi connectivity index (χ1) is 13.8. The second-order valence-electron chi connectivity index (χ2n) is 7.36. The maximum atomic E-state index is 12.3. The SMILES string of the molecule is CC(=O)OCNC(=O)C(C)(C)NC(=O)OCC1c2ccccc2-c2ccccc21. The van der Waals surface area contributed by atoms with Gasteiger partial charge in [-0.05, 0) is 36.1 Å². The fraction of sp³-hybridized carbons (Fsp3) is 0.318. The Morgan fingerprint density at radius 3 is 2.03 bits per heavy atom. The molecule has 0 spiro atoms. The van der Waals surface area contributed by atoms with Gasteiger partial charge in [0.25, 0.3) is 0 Å². The Hall–Kier alpha value is -3.35. The largest absolute Gasteiger partial charge is 0.449 e. The minimum absolute atomic E-state index is 0.0611. The average molecular weight is 396 g/mol. The Morgan fingerprint density at radius 1 is 0.931 bits per heavy atom. The molecule has 1 aliphatic rings. The van der Waals surface area contributed by atoms with Gasteiger partial charge in [-0.15, -0.1) is 0 Å². The Kier molecular flexibility index (Phi) is 5.87. The fourth-order valence-corrected chi connectivity index (χ4v) is 3.37. The Labute approximate surface area is 169 Å². The normalized spacial score (nSPS) is 12.5. The summed E-state index contributed by atoms with van der Waals surface area (Å²) in [6.07, 6.45) is -0.695.